The van der Waals surface area contributed by atoms with E-state index in [0.717, 1.165) is 36.2 Å². The van der Waals surface area contributed by atoms with Crippen LogP contribution in [0.25, 0.3) is 10.5 Å². The average Bonchev–Trinajstić information content (AvgIpc) is 3.25. The smallest absolute Gasteiger partial charge is 0.268 e. The molecule has 0 unspecified atom stereocenters. The van der Waals surface area contributed by atoms with E-state index in [1.807, 2.05) is 23.9 Å². The largest absolute Gasteiger partial charge is 0.396 e. The molecular weight excluding hydrogens is 368 g/mol. The molecule has 0 bridgehead atoms. The first-order valence-electron chi connectivity index (χ1n) is 9.99. The molecule has 0 amide bonds. The Morgan fingerprint density at radius 3 is 2.86 bits per heavy atom. The van der Waals surface area contributed by atoms with E-state index in [0.29, 0.717) is 42.2 Å². The molecule has 3 aromatic rings. The molecule has 3 heterocycles. The number of aryl methyl sites for hydroxylation is 2. The minimum absolute atomic E-state index is 0.259. The van der Waals surface area contributed by atoms with Gasteiger partial charge in [0.15, 0.2) is 5.65 Å². The van der Waals surface area contributed by atoms with Crippen molar-refractivity contribution in [1.29, 1.82) is 0 Å². The molecular formula is C20H26N8O. The summed E-state index contributed by atoms with van der Waals surface area (Å²) in [5, 5.41) is 21.5. The van der Waals surface area contributed by atoms with E-state index >= 15 is 0 Å². The molecule has 1 saturated carbocycles. The summed E-state index contributed by atoms with van der Waals surface area (Å²) in [5.41, 5.74) is 10.1. The summed E-state index contributed by atoms with van der Waals surface area (Å²) in [6.07, 6.45) is 5.49. The van der Waals surface area contributed by atoms with Gasteiger partial charge in [0.2, 0.25) is 0 Å². The Kier molecular flexibility index (Phi) is 5.11. The number of hydrogen-bond acceptors (Lipinski definition) is 6. The van der Waals surface area contributed by atoms with Gasteiger partial charge in [-0.3, -0.25) is 4.68 Å². The van der Waals surface area contributed by atoms with Crippen molar-refractivity contribution in [2.45, 2.75) is 45.6 Å². The first kappa shape index (κ1) is 19.2. The fraction of sp³-hybridized carbons (Fsp3) is 0.500. The van der Waals surface area contributed by atoms with Gasteiger partial charge in [0.1, 0.15) is 11.6 Å². The van der Waals surface area contributed by atoms with Crippen LogP contribution in [0, 0.1) is 19.4 Å². The molecule has 4 N–H and O–H groups in total. The minimum atomic E-state index is 0.259. The van der Waals surface area contributed by atoms with Crippen LogP contribution in [0.4, 0.5) is 17.3 Å². The van der Waals surface area contributed by atoms with Crippen LogP contribution in [0.2, 0.25) is 0 Å². The Bertz CT molecular complexity index is 1070. The van der Waals surface area contributed by atoms with Crippen molar-refractivity contribution >= 4 is 23.0 Å². The molecule has 0 saturated heterocycles. The normalized spacial score (nSPS) is 18.6. The lowest BCUT2D eigenvalue weighted by Crippen LogP contribution is -2.29. The van der Waals surface area contributed by atoms with Gasteiger partial charge >= 0.3 is 0 Å². The summed E-state index contributed by atoms with van der Waals surface area (Å²) in [6, 6.07) is 2.41. The molecule has 4 rings (SSSR count). The number of aliphatic hydroxyl groups excluding tert-OH is 1. The lowest BCUT2D eigenvalue weighted by molar-refractivity contribution is 0.105. The van der Waals surface area contributed by atoms with Gasteiger partial charge in [-0.2, -0.15) is 10.2 Å². The Morgan fingerprint density at radius 2 is 2.17 bits per heavy atom. The van der Waals surface area contributed by atoms with Crippen molar-refractivity contribution in [3.63, 3.8) is 0 Å². The Labute approximate surface area is 169 Å². The van der Waals surface area contributed by atoms with Gasteiger partial charge in [0.25, 0.3) is 5.69 Å². The highest BCUT2D eigenvalue weighted by Gasteiger charge is 2.30. The molecule has 152 valence electrons. The van der Waals surface area contributed by atoms with Crippen LogP contribution in [-0.2, 0) is 12.8 Å². The number of rotatable bonds is 7. The van der Waals surface area contributed by atoms with Crippen LogP contribution in [-0.4, -0.2) is 42.6 Å². The van der Waals surface area contributed by atoms with Gasteiger partial charge < -0.3 is 16.2 Å². The number of hydrogen-bond donors (Lipinski definition) is 3. The first-order valence-corrected chi connectivity index (χ1v) is 9.99. The zero-order chi connectivity index (χ0) is 20.5. The average molecular weight is 394 g/mol. The summed E-state index contributed by atoms with van der Waals surface area (Å²) < 4.78 is 3.56. The number of nitrogens with two attached hydrogens (primary N) is 1. The molecule has 0 aromatic carbocycles. The molecule has 0 aliphatic heterocycles. The summed E-state index contributed by atoms with van der Waals surface area (Å²) in [5.74, 6) is 1.21. The molecule has 0 atom stereocenters. The van der Waals surface area contributed by atoms with E-state index < -0.39 is 0 Å². The number of nitrogens with zero attached hydrogens (tertiary/aromatic N) is 6. The van der Waals surface area contributed by atoms with Gasteiger partial charge in [-0.05, 0) is 38.2 Å². The summed E-state index contributed by atoms with van der Waals surface area (Å²) in [6.45, 7) is 12.3. The van der Waals surface area contributed by atoms with Crippen LogP contribution in [0.15, 0.2) is 12.3 Å². The molecule has 29 heavy (non-hydrogen) atoms. The van der Waals surface area contributed by atoms with Crippen molar-refractivity contribution in [2.75, 3.05) is 24.2 Å². The van der Waals surface area contributed by atoms with E-state index in [2.05, 4.69) is 32.3 Å². The second kappa shape index (κ2) is 7.72. The Balaban J connectivity index is 1.47. The van der Waals surface area contributed by atoms with Gasteiger partial charge in [-0.1, -0.05) is 6.92 Å². The van der Waals surface area contributed by atoms with Crippen LogP contribution < -0.4 is 11.1 Å². The van der Waals surface area contributed by atoms with Crippen LogP contribution in [0.3, 0.4) is 0 Å². The third kappa shape index (κ3) is 3.40. The fourth-order valence-corrected chi connectivity index (χ4v) is 3.95. The third-order valence-corrected chi connectivity index (χ3v) is 5.72. The van der Waals surface area contributed by atoms with Crippen molar-refractivity contribution in [2.24, 2.45) is 5.92 Å². The zero-order valence-electron chi connectivity index (χ0n) is 16.8. The minimum Gasteiger partial charge on any atom is -0.396 e. The Hall–Kier alpha value is -3.12. The molecule has 1 fully saturated rings. The van der Waals surface area contributed by atoms with Crippen LogP contribution in [0.1, 0.15) is 42.8 Å². The van der Waals surface area contributed by atoms with E-state index in [1.54, 1.807) is 4.52 Å². The third-order valence-electron chi connectivity index (χ3n) is 5.72. The number of nitrogens with one attached hydrogen (secondary N) is 1. The zero-order valence-corrected chi connectivity index (χ0v) is 16.8. The van der Waals surface area contributed by atoms with E-state index in [4.69, 9.17) is 17.4 Å². The molecule has 0 radical (unpaired) electrons. The molecule has 9 heteroatoms. The summed E-state index contributed by atoms with van der Waals surface area (Å²) in [7, 11) is 0. The molecule has 0 spiro atoms. The number of fused-ring (bicyclic) bond motifs is 1. The van der Waals surface area contributed by atoms with E-state index in [9.17, 15) is 0 Å². The first-order chi connectivity index (χ1) is 14.0. The molecule has 9 nitrogen and oxygen atoms in total. The lowest BCUT2D eigenvalue weighted by atomic mass is 9.81. The molecule has 1 aliphatic carbocycles. The van der Waals surface area contributed by atoms with Crippen molar-refractivity contribution in [3.8, 4) is 0 Å². The van der Waals surface area contributed by atoms with E-state index in [1.165, 1.54) is 0 Å². The van der Waals surface area contributed by atoms with Gasteiger partial charge in [-0.15, -0.1) is 0 Å². The standard InChI is InChI=1S/C20H26N8O/c1-4-16-12(2)25-28-18(21)17(22-3)19(24-20(16)28)23-7-5-14-6-8-27(26-14)15-9-13(10-15)11-29/h6,8,13,15,29H,4-5,7,9-11,21H2,1-2H3,(H,23,24). The van der Waals surface area contributed by atoms with Crippen molar-refractivity contribution in [3.05, 3.63) is 40.6 Å². The Morgan fingerprint density at radius 1 is 1.38 bits per heavy atom. The topological polar surface area (TPSA) is 111 Å². The maximum absolute atomic E-state index is 9.16. The molecule has 1 aliphatic rings. The SMILES string of the molecule is [C-]#[N+]c1c(NCCc2ccn(C3CC(CO)C3)n2)nc2c(CC)c(C)nn2c1N. The number of anilines is 2. The lowest BCUT2D eigenvalue weighted by Gasteiger charge is -2.34. The number of nitrogen functional groups attached to an aromatic ring is 1. The van der Waals surface area contributed by atoms with Crippen molar-refractivity contribution in [1.82, 2.24) is 24.4 Å². The highest BCUT2D eigenvalue weighted by Crippen LogP contribution is 2.37. The predicted molar refractivity (Wildman–Crippen MR) is 111 cm³/mol. The monoisotopic (exact) mass is 394 g/mol. The number of aromatic nitrogens is 5. The predicted octanol–water partition coefficient (Wildman–Crippen LogP) is 2.53. The van der Waals surface area contributed by atoms with Crippen LogP contribution >= 0.6 is 0 Å². The maximum Gasteiger partial charge on any atom is 0.268 e. The van der Waals surface area contributed by atoms with Gasteiger partial charge in [-0.25, -0.2) is 14.3 Å². The molecule has 3 aromatic heterocycles. The maximum atomic E-state index is 9.16. The highest BCUT2D eigenvalue weighted by atomic mass is 16.3. The van der Waals surface area contributed by atoms with Gasteiger partial charge in [0.05, 0.1) is 24.0 Å². The van der Waals surface area contributed by atoms with E-state index in [-0.39, 0.29) is 12.3 Å². The number of aliphatic hydroxyl groups is 1. The fourth-order valence-electron chi connectivity index (χ4n) is 3.95. The highest BCUT2D eigenvalue weighted by molar-refractivity contribution is 5.80. The van der Waals surface area contributed by atoms with Gasteiger partial charge in [0, 0.05) is 31.3 Å². The second-order valence-electron chi connectivity index (χ2n) is 7.60. The quantitative estimate of drug-likeness (QED) is 0.531. The van der Waals surface area contributed by atoms with Crippen molar-refractivity contribution < 1.29 is 5.11 Å². The van der Waals surface area contributed by atoms with Crippen LogP contribution in [0.5, 0.6) is 0 Å². The summed E-state index contributed by atoms with van der Waals surface area (Å²) in [4.78, 5) is 8.22. The summed E-state index contributed by atoms with van der Waals surface area (Å²) >= 11 is 0. The second-order valence-corrected chi connectivity index (χ2v) is 7.60.